The van der Waals surface area contributed by atoms with E-state index in [9.17, 15) is 9.59 Å². The molecule has 0 fully saturated rings. The highest BCUT2D eigenvalue weighted by atomic mass is 16.2. The summed E-state index contributed by atoms with van der Waals surface area (Å²) in [5.74, 6) is -0.340. The lowest BCUT2D eigenvalue weighted by atomic mass is 10.1. The van der Waals surface area contributed by atoms with Crippen LogP contribution < -0.4 is 5.32 Å². The van der Waals surface area contributed by atoms with Crippen LogP contribution in [0.5, 0.6) is 0 Å². The molecule has 1 aromatic carbocycles. The molecule has 28 heavy (non-hydrogen) atoms. The summed E-state index contributed by atoms with van der Waals surface area (Å²) >= 11 is 0. The van der Waals surface area contributed by atoms with E-state index in [-0.39, 0.29) is 24.1 Å². The second-order valence-electron chi connectivity index (χ2n) is 6.56. The van der Waals surface area contributed by atoms with Crippen LogP contribution in [-0.2, 0) is 24.4 Å². The minimum atomic E-state index is -0.440. The van der Waals surface area contributed by atoms with Gasteiger partial charge in [0.15, 0.2) is 0 Å². The molecule has 4 rings (SSSR count). The van der Waals surface area contributed by atoms with Crippen LogP contribution in [0, 0.1) is 0 Å². The topological polar surface area (TPSA) is 106 Å². The van der Waals surface area contributed by atoms with Gasteiger partial charge in [-0.3, -0.25) is 14.6 Å². The molecule has 1 aliphatic rings. The van der Waals surface area contributed by atoms with Crippen LogP contribution in [0.3, 0.4) is 0 Å². The molecule has 3 aromatic rings. The van der Waals surface area contributed by atoms with Crippen LogP contribution in [0.2, 0.25) is 0 Å². The number of nitrogens with zero attached hydrogens (tertiary/aromatic N) is 6. The number of benzene rings is 1. The number of hydrogen-bond donors (Lipinski definition) is 1. The number of amides is 2. The Morgan fingerprint density at radius 3 is 2.82 bits per heavy atom. The second kappa shape index (κ2) is 7.55. The van der Waals surface area contributed by atoms with Crippen molar-refractivity contribution in [2.45, 2.75) is 32.6 Å². The highest BCUT2D eigenvalue weighted by Crippen LogP contribution is 2.24. The smallest absolute Gasteiger partial charge is 0.271 e. The number of nitrogens with one attached hydrogen (secondary N) is 1. The zero-order chi connectivity index (χ0) is 19.5. The van der Waals surface area contributed by atoms with E-state index in [4.69, 9.17) is 0 Å². The number of carbonyl (C=O) groups is 2. The van der Waals surface area contributed by atoms with Crippen molar-refractivity contribution in [1.82, 2.24) is 35.2 Å². The van der Waals surface area contributed by atoms with Gasteiger partial charge in [-0.2, -0.15) is 0 Å². The van der Waals surface area contributed by atoms with Crippen LogP contribution in [0.25, 0.3) is 0 Å². The van der Waals surface area contributed by atoms with Crippen molar-refractivity contribution in [3.05, 3.63) is 71.6 Å². The third kappa shape index (κ3) is 3.46. The first kappa shape index (κ1) is 17.8. The summed E-state index contributed by atoms with van der Waals surface area (Å²) in [5.41, 5.74) is 2.75. The summed E-state index contributed by atoms with van der Waals surface area (Å²) in [4.78, 5) is 34.6. The third-order valence-electron chi connectivity index (χ3n) is 4.68. The highest BCUT2D eigenvalue weighted by Gasteiger charge is 2.33. The van der Waals surface area contributed by atoms with Gasteiger partial charge in [-0.15, -0.1) is 5.10 Å². The maximum Gasteiger partial charge on any atom is 0.271 e. The van der Waals surface area contributed by atoms with Gasteiger partial charge in [0.25, 0.3) is 5.91 Å². The predicted octanol–water partition coefficient (Wildman–Crippen LogP) is 1.10. The van der Waals surface area contributed by atoms with Crippen molar-refractivity contribution in [1.29, 1.82) is 0 Å². The summed E-state index contributed by atoms with van der Waals surface area (Å²) in [6.07, 6.45) is 4.37. The largest absolute Gasteiger partial charge is 0.345 e. The lowest BCUT2D eigenvalue weighted by Crippen LogP contribution is -2.41. The Bertz CT molecular complexity index is 988. The summed E-state index contributed by atoms with van der Waals surface area (Å²) in [7, 11) is 0. The first-order valence-electron chi connectivity index (χ1n) is 8.93. The first-order valence-corrected chi connectivity index (χ1v) is 8.93. The van der Waals surface area contributed by atoms with Crippen molar-refractivity contribution in [3.8, 4) is 0 Å². The molecule has 1 N–H and O–H groups in total. The van der Waals surface area contributed by atoms with Gasteiger partial charge >= 0.3 is 0 Å². The van der Waals surface area contributed by atoms with Gasteiger partial charge in [-0.1, -0.05) is 35.5 Å². The Balaban J connectivity index is 1.50. The Kier molecular flexibility index (Phi) is 4.79. The van der Waals surface area contributed by atoms with E-state index >= 15 is 0 Å². The van der Waals surface area contributed by atoms with Crippen molar-refractivity contribution < 1.29 is 9.59 Å². The van der Waals surface area contributed by atoms with Gasteiger partial charge in [-0.05, 0) is 12.5 Å². The van der Waals surface area contributed by atoms with Crippen molar-refractivity contribution in [2.24, 2.45) is 0 Å². The fraction of sp³-hybridized carbons (Fsp3) is 0.263. The molecule has 2 amide bonds. The maximum absolute atomic E-state index is 12.7. The fourth-order valence-corrected chi connectivity index (χ4v) is 3.19. The van der Waals surface area contributed by atoms with E-state index in [0.29, 0.717) is 18.8 Å². The molecule has 0 aliphatic carbocycles. The Morgan fingerprint density at radius 1 is 1.25 bits per heavy atom. The summed E-state index contributed by atoms with van der Waals surface area (Å²) in [6, 6.07) is 9.39. The monoisotopic (exact) mass is 377 g/mol. The van der Waals surface area contributed by atoms with Crippen molar-refractivity contribution >= 4 is 11.8 Å². The molecule has 9 heteroatoms. The lowest BCUT2D eigenvalue weighted by molar-refractivity contribution is -0.138. The Hall–Kier alpha value is -3.62. The van der Waals surface area contributed by atoms with Gasteiger partial charge in [0, 0.05) is 18.9 Å². The van der Waals surface area contributed by atoms with Gasteiger partial charge < -0.3 is 10.2 Å². The standard InChI is InChI=1S/C19H19N7O2/c1-13-19(28)25(11-14-5-3-2-4-6-14)12-17-15(23-24-26(13)17)10-22-18(27)16-9-20-7-8-21-16/h2-9,13H,10-12H2,1H3,(H,22,27). The van der Waals surface area contributed by atoms with Gasteiger partial charge in [0.05, 0.1) is 25.0 Å². The molecular formula is C19H19N7O2. The Morgan fingerprint density at radius 2 is 2.07 bits per heavy atom. The molecule has 0 saturated carbocycles. The highest BCUT2D eigenvalue weighted by molar-refractivity contribution is 5.91. The number of aromatic nitrogens is 5. The molecule has 0 saturated heterocycles. The average Bonchev–Trinajstić information content (AvgIpc) is 3.14. The van der Waals surface area contributed by atoms with Crippen LogP contribution in [0.4, 0.5) is 0 Å². The molecule has 1 aliphatic heterocycles. The molecule has 0 bridgehead atoms. The number of hydrogen-bond acceptors (Lipinski definition) is 6. The molecule has 142 valence electrons. The minimum Gasteiger partial charge on any atom is -0.345 e. The number of carbonyl (C=O) groups excluding carboxylic acids is 2. The van der Waals surface area contributed by atoms with Crippen molar-refractivity contribution in [3.63, 3.8) is 0 Å². The average molecular weight is 377 g/mol. The molecule has 1 unspecified atom stereocenters. The summed E-state index contributed by atoms with van der Waals surface area (Å²) < 4.78 is 1.63. The minimum absolute atomic E-state index is 0.00333. The SMILES string of the molecule is CC1C(=O)N(Cc2ccccc2)Cc2c(CNC(=O)c3cnccn3)nnn21. The van der Waals surface area contributed by atoms with E-state index < -0.39 is 6.04 Å². The van der Waals surface area contributed by atoms with Crippen LogP contribution in [-0.4, -0.2) is 41.7 Å². The molecule has 3 heterocycles. The zero-order valence-electron chi connectivity index (χ0n) is 15.3. The van der Waals surface area contributed by atoms with Crippen molar-refractivity contribution in [2.75, 3.05) is 0 Å². The maximum atomic E-state index is 12.7. The van der Waals surface area contributed by atoms with Crippen LogP contribution in [0.1, 0.15) is 40.4 Å². The molecule has 2 aromatic heterocycles. The fourth-order valence-electron chi connectivity index (χ4n) is 3.19. The van der Waals surface area contributed by atoms with Crippen LogP contribution >= 0.6 is 0 Å². The lowest BCUT2D eigenvalue weighted by Gasteiger charge is -2.31. The molecule has 9 nitrogen and oxygen atoms in total. The Labute approximate surface area is 161 Å². The first-order chi connectivity index (χ1) is 13.6. The van der Waals surface area contributed by atoms with Gasteiger partial charge in [0.2, 0.25) is 5.91 Å². The summed E-state index contributed by atoms with van der Waals surface area (Å²) in [6.45, 7) is 2.91. The molecular weight excluding hydrogens is 358 g/mol. The van der Waals surface area contributed by atoms with E-state index in [0.717, 1.165) is 11.3 Å². The van der Waals surface area contributed by atoms with E-state index in [1.807, 2.05) is 30.3 Å². The number of rotatable bonds is 5. The van der Waals surface area contributed by atoms with Gasteiger partial charge in [0.1, 0.15) is 17.4 Å². The normalized spacial score (nSPS) is 16.0. The molecule has 0 radical (unpaired) electrons. The van der Waals surface area contributed by atoms with Crippen LogP contribution in [0.15, 0.2) is 48.9 Å². The molecule has 1 atom stereocenters. The number of fused-ring (bicyclic) bond motifs is 1. The van der Waals surface area contributed by atoms with E-state index in [1.54, 1.807) is 16.5 Å². The molecule has 0 spiro atoms. The van der Waals surface area contributed by atoms with Gasteiger partial charge in [-0.25, -0.2) is 9.67 Å². The second-order valence-corrected chi connectivity index (χ2v) is 6.56. The van der Waals surface area contributed by atoms with E-state index in [1.165, 1.54) is 18.6 Å². The third-order valence-corrected chi connectivity index (χ3v) is 4.68. The zero-order valence-corrected chi connectivity index (χ0v) is 15.3. The summed E-state index contributed by atoms with van der Waals surface area (Å²) in [5, 5.41) is 11.1. The quantitative estimate of drug-likeness (QED) is 0.714. The predicted molar refractivity (Wildman–Crippen MR) is 98.6 cm³/mol. The van der Waals surface area contributed by atoms with E-state index in [2.05, 4.69) is 25.6 Å².